The fraction of sp³-hybridized carbons (Fsp3) is 0.565. The molecule has 0 amide bonds. The van der Waals surface area contributed by atoms with Gasteiger partial charge in [0.1, 0.15) is 5.75 Å². The van der Waals surface area contributed by atoms with E-state index in [0.29, 0.717) is 6.61 Å². The van der Waals surface area contributed by atoms with E-state index >= 15 is 0 Å². The van der Waals surface area contributed by atoms with Gasteiger partial charge in [0.15, 0.2) is 0 Å². The van der Waals surface area contributed by atoms with Crippen molar-refractivity contribution in [3.63, 3.8) is 0 Å². The minimum atomic E-state index is -0.365. The largest absolute Gasteiger partial charge is 0.493 e. The molecular weight excluding hydrogens is 324 g/mol. The third kappa shape index (κ3) is 11.1. The minimum absolute atomic E-state index is 0.205. The number of aliphatic hydroxyl groups excluding tert-OH is 2. The molecule has 0 aliphatic heterocycles. The Morgan fingerprint density at radius 3 is 2.54 bits per heavy atom. The summed E-state index contributed by atoms with van der Waals surface area (Å²) in [6, 6.07) is 7.91. The van der Waals surface area contributed by atoms with Crippen molar-refractivity contribution >= 4 is 6.08 Å². The Kier molecular flexibility index (Phi) is 13.5. The summed E-state index contributed by atoms with van der Waals surface area (Å²) in [7, 11) is 0. The van der Waals surface area contributed by atoms with E-state index in [-0.39, 0.29) is 12.7 Å². The molecule has 0 radical (unpaired) electrons. The van der Waals surface area contributed by atoms with E-state index in [1.807, 2.05) is 48.6 Å². The second-order valence-electron chi connectivity index (χ2n) is 6.68. The van der Waals surface area contributed by atoms with Crippen molar-refractivity contribution in [3.05, 3.63) is 48.1 Å². The average molecular weight is 361 g/mol. The number of rotatable bonds is 15. The van der Waals surface area contributed by atoms with Crippen LogP contribution in [0.5, 0.6) is 5.75 Å². The molecule has 146 valence electrons. The quantitative estimate of drug-likeness (QED) is 0.320. The van der Waals surface area contributed by atoms with Crippen molar-refractivity contribution in [2.45, 2.75) is 70.8 Å². The molecule has 0 saturated heterocycles. The summed E-state index contributed by atoms with van der Waals surface area (Å²) in [5.74, 6) is 0.850. The molecule has 1 aromatic carbocycles. The van der Waals surface area contributed by atoms with E-state index in [1.165, 1.54) is 32.1 Å². The van der Waals surface area contributed by atoms with Gasteiger partial charge in [0.25, 0.3) is 0 Å². The third-order valence-electron chi connectivity index (χ3n) is 4.30. The Bertz CT molecular complexity index is 508. The maximum absolute atomic E-state index is 10.0. The normalized spacial score (nSPS) is 12.9. The van der Waals surface area contributed by atoms with Gasteiger partial charge >= 0.3 is 0 Å². The van der Waals surface area contributed by atoms with Crippen molar-refractivity contribution in [1.29, 1.82) is 0 Å². The first-order chi connectivity index (χ1) is 12.8. The van der Waals surface area contributed by atoms with E-state index < -0.39 is 0 Å². The van der Waals surface area contributed by atoms with Crippen LogP contribution in [0.1, 0.15) is 70.3 Å². The predicted molar refractivity (Wildman–Crippen MR) is 110 cm³/mol. The second-order valence-corrected chi connectivity index (χ2v) is 6.68. The third-order valence-corrected chi connectivity index (χ3v) is 4.30. The van der Waals surface area contributed by atoms with E-state index in [4.69, 9.17) is 9.84 Å². The van der Waals surface area contributed by atoms with Crippen LogP contribution >= 0.6 is 0 Å². The number of para-hydroxylation sites is 1. The lowest BCUT2D eigenvalue weighted by atomic mass is 10.1. The molecule has 3 heteroatoms. The number of hydrogen-bond donors (Lipinski definition) is 2. The van der Waals surface area contributed by atoms with Crippen LogP contribution in [0.2, 0.25) is 0 Å². The molecule has 26 heavy (non-hydrogen) atoms. The van der Waals surface area contributed by atoms with E-state index in [0.717, 1.165) is 37.0 Å². The number of unbranched alkanes of at least 4 members (excludes halogenated alkanes) is 6. The van der Waals surface area contributed by atoms with Gasteiger partial charge in [0.2, 0.25) is 0 Å². The molecule has 0 aliphatic rings. The molecule has 1 rings (SSSR count). The summed E-state index contributed by atoms with van der Waals surface area (Å²) in [4.78, 5) is 0. The fourth-order valence-electron chi connectivity index (χ4n) is 2.73. The van der Waals surface area contributed by atoms with Gasteiger partial charge < -0.3 is 14.9 Å². The number of hydrogen-bond acceptors (Lipinski definition) is 3. The van der Waals surface area contributed by atoms with Crippen molar-refractivity contribution in [2.75, 3.05) is 13.2 Å². The van der Waals surface area contributed by atoms with Gasteiger partial charge in [0.05, 0.1) is 12.7 Å². The maximum atomic E-state index is 10.0. The Balaban J connectivity index is 2.32. The van der Waals surface area contributed by atoms with Gasteiger partial charge in [-0.3, -0.25) is 0 Å². The van der Waals surface area contributed by atoms with Crippen molar-refractivity contribution in [1.82, 2.24) is 0 Å². The Morgan fingerprint density at radius 2 is 1.73 bits per heavy atom. The number of aliphatic hydroxyl groups is 2. The fourth-order valence-corrected chi connectivity index (χ4v) is 2.73. The van der Waals surface area contributed by atoms with E-state index in [1.54, 1.807) is 0 Å². The molecule has 1 aromatic rings. The highest BCUT2D eigenvalue weighted by Crippen LogP contribution is 2.20. The highest BCUT2D eigenvalue weighted by Gasteiger charge is 2.00. The molecule has 0 aromatic heterocycles. The summed E-state index contributed by atoms with van der Waals surface area (Å²) in [6.45, 7) is 3.04. The van der Waals surface area contributed by atoms with Gasteiger partial charge in [-0.2, -0.15) is 0 Å². The molecule has 3 nitrogen and oxygen atoms in total. The van der Waals surface area contributed by atoms with Crippen LogP contribution in [0.4, 0.5) is 0 Å². The molecular formula is C23H36O3. The lowest BCUT2D eigenvalue weighted by Gasteiger charge is -2.08. The van der Waals surface area contributed by atoms with Crippen LogP contribution in [0, 0.1) is 0 Å². The topological polar surface area (TPSA) is 49.7 Å². The zero-order valence-electron chi connectivity index (χ0n) is 16.3. The molecule has 1 unspecified atom stereocenters. The molecule has 0 aliphatic carbocycles. The first-order valence-corrected chi connectivity index (χ1v) is 10.1. The summed E-state index contributed by atoms with van der Waals surface area (Å²) in [6.07, 6.45) is 17.3. The van der Waals surface area contributed by atoms with Gasteiger partial charge in [-0.1, -0.05) is 88.0 Å². The summed E-state index contributed by atoms with van der Waals surface area (Å²) < 4.78 is 5.77. The zero-order chi connectivity index (χ0) is 18.9. The lowest BCUT2D eigenvalue weighted by Crippen LogP contribution is -2.01. The molecule has 0 heterocycles. The molecule has 2 N–H and O–H groups in total. The predicted octanol–water partition coefficient (Wildman–Crippen LogP) is 5.52. The molecule has 0 spiro atoms. The number of allylic oxidation sites excluding steroid dienone is 2. The first-order valence-electron chi connectivity index (χ1n) is 10.1. The van der Waals surface area contributed by atoms with Crippen LogP contribution in [0.15, 0.2) is 42.5 Å². The summed E-state index contributed by atoms with van der Waals surface area (Å²) in [5, 5.41) is 18.8. The number of ether oxygens (including phenoxy) is 1. The van der Waals surface area contributed by atoms with Crippen LogP contribution in [-0.2, 0) is 0 Å². The molecule has 0 fully saturated rings. The molecule has 0 saturated carbocycles. The van der Waals surface area contributed by atoms with Crippen LogP contribution in [-0.4, -0.2) is 29.5 Å². The van der Waals surface area contributed by atoms with Crippen molar-refractivity contribution in [3.8, 4) is 5.75 Å². The smallest absolute Gasteiger partial charge is 0.126 e. The van der Waals surface area contributed by atoms with Gasteiger partial charge in [-0.05, 0) is 25.3 Å². The minimum Gasteiger partial charge on any atom is -0.493 e. The van der Waals surface area contributed by atoms with Gasteiger partial charge in [0, 0.05) is 12.2 Å². The van der Waals surface area contributed by atoms with Crippen LogP contribution in [0.3, 0.4) is 0 Å². The van der Waals surface area contributed by atoms with Gasteiger partial charge in [-0.15, -0.1) is 0 Å². The Hall–Kier alpha value is -1.58. The van der Waals surface area contributed by atoms with Crippen molar-refractivity contribution < 1.29 is 14.9 Å². The van der Waals surface area contributed by atoms with Crippen LogP contribution < -0.4 is 4.74 Å². The molecule has 1 atom stereocenters. The zero-order valence-corrected chi connectivity index (χ0v) is 16.3. The highest BCUT2D eigenvalue weighted by atomic mass is 16.5. The SMILES string of the molecule is CCCCCCCCC(O)C=CC=Cc1ccccc1OCCCCO. The first kappa shape index (κ1) is 22.5. The summed E-state index contributed by atoms with van der Waals surface area (Å²) in [5.41, 5.74) is 1.02. The highest BCUT2D eigenvalue weighted by molar-refractivity contribution is 5.58. The van der Waals surface area contributed by atoms with Crippen molar-refractivity contribution in [2.24, 2.45) is 0 Å². The van der Waals surface area contributed by atoms with Crippen LogP contribution in [0.25, 0.3) is 6.08 Å². The Labute approximate surface area is 159 Å². The molecule has 0 bridgehead atoms. The van der Waals surface area contributed by atoms with E-state index in [9.17, 15) is 5.11 Å². The monoisotopic (exact) mass is 360 g/mol. The second kappa shape index (κ2) is 15.7. The van der Waals surface area contributed by atoms with E-state index in [2.05, 4.69) is 6.92 Å². The van der Waals surface area contributed by atoms with Gasteiger partial charge in [-0.25, -0.2) is 0 Å². The Morgan fingerprint density at radius 1 is 0.962 bits per heavy atom. The lowest BCUT2D eigenvalue weighted by molar-refractivity contribution is 0.208. The average Bonchev–Trinajstić information content (AvgIpc) is 2.66. The number of benzene rings is 1. The standard InChI is InChI=1S/C23H36O3/c1-2-3-4-5-6-7-16-22(25)17-10-8-14-21-15-9-11-18-23(21)26-20-13-12-19-24/h8-11,14-15,17-18,22,24-25H,2-7,12-13,16,19-20H2,1H3. The summed E-state index contributed by atoms with van der Waals surface area (Å²) >= 11 is 0. The maximum Gasteiger partial charge on any atom is 0.126 e.